The van der Waals surface area contributed by atoms with Gasteiger partial charge in [0.05, 0.1) is 11.7 Å². The Hall–Kier alpha value is -0.870. The van der Waals surface area contributed by atoms with Crippen LogP contribution in [0.3, 0.4) is 0 Å². The van der Waals surface area contributed by atoms with E-state index in [1.807, 2.05) is 17.9 Å². The Labute approximate surface area is 85.9 Å². The van der Waals surface area contributed by atoms with E-state index < -0.39 is 0 Å². The zero-order valence-corrected chi connectivity index (χ0v) is 9.49. The van der Waals surface area contributed by atoms with Gasteiger partial charge in [-0.15, -0.1) is 0 Å². The van der Waals surface area contributed by atoms with Crippen LogP contribution < -0.4 is 5.32 Å². The molecule has 4 heteroatoms. The highest BCUT2D eigenvalue weighted by Gasteiger charge is 2.13. The molecule has 4 nitrogen and oxygen atoms in total. The molecule has 1 unspecified atom stereocenters. The molecule has 0 amide bonds. The number of aryl methyl sites for hydroxylation is 1. The fraction of sp³-hybridized carbons (Fsp3) is 0.700. The van der Waals surface area contributed by atoms with Crippen molar-refractivity contribution in [1.29, 1.82) is 0 Å². The summed E-state index contributed by atoms with van der Waals surface area (Å²) in [6, 6.07) is 2.43. The van der Waals surface area contributed by atoms with Crippen LogP contribution in [0.15, 0.2) is 12.3 Å². The zero-order valence-electron chi connectivity index (χ0n) is 9.49. The summed E-state index contributed by atoms with van der Waals surface area (Å²) in [5, 5.41) is 7.58. The van der Waals surface area contributed by atoms with E-state index in [-0.39, 0.29) is 0 Å². The number of aromatic nitrogens is 2. The van der Waals surface area contributed by atoms with Crippen molar-refractivity contribution in [1.82, 2.24) is 20.0 Å². The highest BCUT2D eigenvalue weighted by molar-refractivity contribution is 5.07. The van der Waals surface area contributed by atoms with Crippen molar-refractivity contribution in [2.75, 3.05) is 27.7 Å². The zero-order chi connectivity index (χ0) is 10.6. The van der Waals surface area contributed by atoms with E-state index in [0.717, 1.165) is 13.1 Å². The van der Waals surface area contributed by atoms with Gasteiger partial charge in [0, 0.05) is 19.3 Å². The monoisotopic (exact) mass is 196 g/mol. The minimum absolute atomic E-state index is 0.354. The molecule has 1 N–H and O–H groups in total. The molecular formula is C10H20N4. The van der Waals surface area contributed by atoms with Crippen molar-refractivity contribution in [2.45, 2.75) is 19.5 Å². The van der Waals surface area contributed by atoms with Crippen molar-refractivity contribution in [2.24, 2.45) is 0 Å². The van der Waals surface area contributed by atoms with Crippen molar-refractivity contribution in [3.63, 3.8) is 0 Å². The van der Waals surface area contributed by atoms with E-state index in [1.165, 1.54) is 5.69 Å². The lowest BCUT2D eigenvalue weighted by atomic mass is 10.2. The van der Waals surface area contributed by atoms with Crippen LogP contribution in [0.25, 0.3) is 0 Å². The molecule has 0 spiro atoms. The average Bonchev–Trinajstić information content (AvgIpc) is 2.61. The maximum atomic E-state index is 4.27. The Bertz CT molecular complexity index is 267. The molecule has 14 heavy (non-hydrogen) atoms. The third-order valence-electron chi connectivity index (χ3n) is 2.30. The third kappa shape index (κ3) is 2.56. The largest absolute Gasteiger partial charge is 0.311 e. The highest BCUT2D eigenvalue weighted by atomic mass is 15.3. The number of hydrogen-bond donors (Lipinski definition) is 1. The summed E-state index contributed by atoms with van der Waals surface area (Å²) in [5.74, 6) is 0. The fourth-order valence-corrected chi connectivity index (χ4v) is 1.60. The van der Waals surface area contributed by atoms with Gasteiger partial charge in [-0.25, -0.2) is 0 Å². The summed E-state index contributed by atoms with van der Waals surface area (Å²) in [7, 11) is 6.15. The van der Waals surface area contributed by atoms with Crippen LogP contribution >= 0.6 is 0 Å². The number of rotatable bonds is 5. The first-order chi connectivity index (χ1) is 6.69. The summed E-state index contributed by atoms with van der Waals surface area (Å²) in [6.07, 6.45) is 1.86. The molecule has 0 saturated carbocycles. The lowest BCUT2D eigenvalue weighted by Crippen LogP contribution is -2.30. The minimum atomic E-state index is 0.354. The Kier molecular flexibility index (Phi) is 4.10. The Balaban J connectivity index is 2.77. The van der Waals surface area contributed by atoms with Gasteiger partial charge in [0.1, 0.15) is 0 Å². The topological polar surface area (TPSA) is 33.1 Å². The smallest absolute Gasteiger partial charge is 0.0618 e. The predicted molar refractivity (Wildman–Crippen MR) is 58.3 cm³/mol. The molecule has 0 saturated heterocycles. The highest BCUT2D eigenvalue weighted by Crippen LogP contribution is 2.12. The van der Waals surface area contributed by atoms with Gasteiger partial charge in [-0.3, -0.25) is 4.68 Å². The standard InChI is InChI=1S/C10H20N4/c1-5-14-10(6-7-12-14)9(11-2)8-13(3)4/h6-7,9,11H,5,8H2,1-4H3. The molecule has 0 aliphatic rings. The van der Waals surface area contributed by atoms with Gasteiger partial charge in [-0.1, -0.05) is 0 Å². The SMILES string of the molecule is CCn1nccc1C(CN(C)C)NC. The molecule has 1 heterocycles. The summed E-state index contributed by atoms with van der Waals surface area (Å²) in [4.78, 5) is 2.17. The number of likely N-dealkylation sites (N-methyl/N-ethyl adjacent to an activating group) is 2. The second-order valence-corrected chi connectivity index (χ2v) is 3.68. The van der Waals surface area contributed by atoms with Gasteiger partial charge in [0.25, 0.3) is 0 Å². The van der Waals surface area contributed by atoms with Crippen molar-refractivity contribution < 1.29 is 0 Å². The lowest BCUT2D eigenvalue weighted by molar-refractivity contribution is 0.341. The van der Waals surface area contributed by atoms with Crippen molar-refractivity contribution in [3.8, 4) is 0 Å². The van der Waals surface area contributed by atoms with E-state index in [0.29, 0.717) is 6.04 Å². The van der Waals surface area contributed by atoms with Gasteiger partial charge < -0.3 is 10.2 Å². The van der Waals surface area contributed by atoms with Gasteiger partial charge in [-0.2, -0.15) is 5.10 Å². The summed E-state index contributed by atoms with van der Waals surface area (Å²) in [6.45, 7) is 4.02. The average molecular weight is 196 g/mol. The third-order valence-corrected chi connectivity index (χ3v) is 2.30. The summed E-state index contributed by atoms with van der Waals surface area (Å²) >= 11 is 0. The van der Waals surface area contributed by atoms with Crippen LogP contribution in [-0.4, -0.2) is 42.4 Å². The first-order valence-electron chi connectivity index (χ1n) is 5.02. The molecule has 1 aromatic heterocycles. The molecule has 0 fully saturated rings. The molecule has 0 aliphatic heterocycles. The maximum absolute atomic E-state index is 4.27. The Morgan fingerprint density at radius 2 is 2.29 bits per heavy atom. The Morgan fingerprint density at radius 3 is 2.79 bits per heavy atom. The normalized spacial score (nSPS) is 13.5. The van der Waals surface area contributed by atoms with E-state index in [1.54, 1.807) is 0 Å². The lowest BCUT2D eigenvalue weighted by Gasteiger charge is -2.21. The molecule has 1 rings (SSSR count). The van der Waals surface area contributed by atoms with Crippen molar-refractivity contribution >= 4 is 0 Å². The van der Waals surface area contributed by atoms with Crippen LogP contribution in [0, 0.1) is 0 Å². The minimum Gasteiger partial charge on any atom is -0.311 e. The van der Waals surface area contributed by atoms with Crippen LogP contribution in [0.5, 0.6) is 0 Å². The quantitative estimate of drug-likeness (QED) is 0.753. The van der Waals surface area contributed by atoms with E-state index in [4.69, 9.17) is 0 Å². The first kappa shape index (κ1) is 11.2. The molecule has 0 aliphatic carbocycles. The van der Waals surface area contributed by atoms with Crippen LogP contribution in [-0.2, 0) is 6.54 Å². The van der Waals surface area contributed by atoms with Gasteiger partial charge in [0.2, 0.25) is 0 Å². The number of hydrogen-bond acceptors (Lipinski definition) is 3. The Morgan fingerprint density at radius 1 is 1.57 bits per heavy atom. The van der Waals surface area contributed by atoms with E-state index in [9.17, 15) is 0 Å². The molecule has 0 aromatic carbocycles. The van der Waals surface area contributed by atoms with Gasteiger partial charge in [-0.05, 0) is 34.1 Å². The molecule has 1 aromatic rings. The molecule has 0 bridgehead atoms. The van der Waals surface area contributed by atoms with Crippen LogP contribution in [0.4, 0.5) is 0 Å². The van der Waals surface area contributed by atoms with E-state index in [2.05, 4.69) is 42.4 Å². The molecule has 1 atom stereocenters. The van der Waals surface area contributed by atoms with Crippen molar-refractivity contribution in [3.05, 3.63) is 18.0 Å². The predicted octanol–water partition coefficient (Wildman–Crippen LogP) is 0.725. The maximum Gasteiger partial charge on any atom is 0.0618 e. The van der Waals surface area contributed by atoms with Crippen LogP contribution in [0.2, 0.25) is 0 Å². The number of nitrogens with one attached hydrogen (secondary N) is 1. The molecule has 80 valence electrons. The fourth-order valence-electron chi connectivity index (χ4n) is 1.60. The molecule has 0 radical (unpaired) electrons. The first-order valence-corrected chi connectivity index (χ1v) is 5.02. The second kappa shape index (κ2) is 5.12. The number of nitrogens with zero attached hydrogens (tertiary/aromatic N) is 3. The second-order valence-electron chi connectivity index (χ2n) is 3.68. The summed E-state index contributed by atoms with van der Waals surface area (Å²) in [5.41, 5.74) is 1.25. The molecular weight excluding hydrogens is 176 g/mol. The van der Waals surface area contributed by atoms with Gasteiger partial charge >= 0.3 is 0 Å². The summed E-state index contributed by atoms with van der Waals surface area (Å²) < 4.78 is 2.03. The van der Waals surface area contributed by atoms with Gasteiger partial charge in [0.15, 0.2) is 0 Å². The van der Waals surface area contributed by atoms with Crippen LogP contribution in [0.1, 0.15) is 18.7 Å². The van der Waals surface area contributed by atoms with E-state index >= 15 is 0 Å².